The molecule has 0 bridgehead atoms. The molecule has 1 aromatic rings. The number of ether oxygens (including phenoxy) is 2. The molecule has 94 valence electrons. The Labute approximate surface area is 105 Å². The maximum atomic E-state index is 10.3. The quantitative estimate of drug-likeness (QED) is 0.796. The molecule has 0 heterocycles. The van der Waals surface area contributed by atoms with Gasteiger partial charge in [-0.05, 0) is 36.6 Å². The van der Waals surface area contributed by atoms with Crippen LogP contribution < -0.4 is 4.74 Å². The van der Waals surface area contributed by atoms with E-state index in [1.165, 1.54) is 0 Å². The molecule has 0 aliphatic rings. The van der Waals surface area contributed by atoms with Crippen LogP contribution in [0.15, 0.2) is 12.1 Å². The van der Waals surface area contributed by atoms with Crippen LogP contribution in [-0.2, 0) is 16.0 Å². The average molecular weight is 259 g/mol. The number of carboxylic acid groups (broad SMARTS) is 1. The van der Waals surface area contributed by atoms with Gasteiger partial charge in [0.25, 0.3) is 0 Å². The molecule has 0 atom stereocenters. The van der Waals surface area contributed by atoms with Gasteiger partial charge in [-0.3, -0.25) is 0 Å². The van der Waals surface area contributed by atoms with Crippen molar-refractivity contribution in [3.63, 3.8) is 0 Å². The van der Waals surface area contributed by atoms with Crippen LogP contribution in [0.5, 0.6) is 5.75 Å². The normalized spacial score (nSPS) is 10.3. The number of carboxylic acids is 1. The summed E-state index contributed by atoms with van der Waals surface area (Å²) in [7, 11) is 1.59. The minimum absolute atomic E-state index is 0.290. The summed E-state index contributed by atoms with van der Waals surface area (Å²) in [5, 5.41) is 9.09. The predicted molar refractivity (Wildman–Crippen MR) is 64.9 cm³/mol. The summed E-state index contributed by atoms with van der Waals surface area (Å²) < 4.78 is 10.2. The first-order valence-electron chi connectivity index (χ1n) is 5.17. The summed E-state index contributed by atoms with van der Waals surface area (Å²) in [6.07, 6.45) is 0.566. The number of hydrogen-bond donors (Lipinski definition) is 1. The molecule has 0 aliphatic heterocycles. The van der Waals surface area contributed by atoms with Crippen LogP contribution in [0, 0.1) is 6.92 Å². The second kappa shape index (κ2) is 6.47. The molecule has 0 unspecified atom stereocenters. The number of aliphatic carboxylic acids is 1. The molecule has 17 heavy (non-hydrogen) atoms. The number of rotatable bonds is 6. The summed E-state index contributed by atoms with van der Waals surface area (Å²) in [5.74, 6) is -0.232. The summed E-state index contributed by atoms with van der Waals surface area (Å²) in [5.41, 5.74) is 1.85. The Morgan fingerprint density at radius 1 is 1.47 bits per heavy atom. The van der Waals surface area contributed by atoms with Crippen LogP contribution in [0.4, 0.5) is 0 Å². The number of carbonyl (C=O) groups is 1. The minimum atomic E-state index is -0.973. The molecule has 1 aromatic carbocycles. The van der Waals surface area contributed by atoms with Crippen LogP contribution in [0.3, 0.4) is 0 Å². The minimum Gasteiger partial charge on any atom is -0.496 e. The van der Waals surface area contributed by atoms with E-state index in [1.807, 2.05) is 19.1 Å². The molecule has 0 saturated heterocycles. The van der Waals surface area contributed by atoms with E-state index in [9.17, 15) is 4.79 Å². The van der Waals surface area contributed by atoms with Gasteiger partial charge in [0, 0.05) is 5.02 Å². The van der Waals surface area contributed by atoms with Crippen molar-refractivity contribution in [1.82, 2.24) is 0 Å². The highest BCUT2D eigenvalue weighted by molar-refractivity contribution is 6.31. The Hall–Kier alpha value is -1.26. The monoisotopic (exact) mass is 258 g/mol. The molecule has 0 saturated carbocycles. The van der Waals surface area contributed by atoms with Crippen molar-refractivity contribution in [2.24, 2.45) is 0 Å². The third-order valence-electron chi connectivity index (χ3n) is 2.30. The molecule has 1 rings (SSSR count). The lowest BCUT2D eigenvalue weighted by Gasteiger charge is -2.10. The molecule has 0 aliphatic carbocycles. The van der Waals surface area contributed by atoms with Gasteiger partial charge in [0.05, 0.1) is 13.7 Å². The first kappa shape index (κ1) is 13.8. The fraction of sp³-hybridized carbons (Fsp3) is 0.417. The van der Waals surface area contributed by atoms with Gasteiger partial charge in [0.1, 0.15) is 12.4 Å². The van der Waals surface area contributed by atoms with E-state index >= 15 is 0 Å². The smallest absolute Gasteiger partial charge is 0.329 e. The van der Waals surface area contributed by atoms with E-state index in [4.69, 9.17) is 26.2 Å². The standard InChI is InChI=1S/C12H15ClO4/c1-8-5-11(16-2)9(6-10(8)13)3-4-17-7-12(14)15/h5-6H,3-4,7H2,1-2H3,(H,14,15). The molecule has 5 heteroatoms. The lowest BCUT2D eigenvalue weighted by molar-refractivity contribution is -0.142. The zero-order valence-electron chi connectivity index (χ0n) is 9.83. The van der Waals surface area contributed by atoms with Crippen molar-refractivity contribution in [3.8, 4) is 5.75 Å². The van der Waals surface area contributed by atoms with Gasteiger partial charge in [-0.25, -0.2) is 4.79 Å². The number of methoxy groups -OCH3 is 1. The van der Waals surface area contributed by atoms with Crippen LogP contribution in [0.1, 0.15) is 11.1 Å². The molecular weight excluding hydrogens is 244 g/mol. The number of hydrogen-bond acceptors (Lipinski definition) is 3. The Morgan fingerprint density at radius 2 is 2.18 bits per heavy atom. The highest BCUT2D eigenvalue weighted by Crippen LogP contribution is 2.26. The Bertz CT molecular complexity index is 404. The number of benzene rings is 1. The predicted octanol–water partition coefficient (Wildman–Crippen LogP) is 2.30. The highest BCUT2D eigenvalue weighted by atomic mass is 35.5. The van der Waals surface area contributed by atoms with Crippen molar-refractivity contribution in [1.29, 1.82) is 0 Å². The first-order valence-corrected chi connectivity index (χ1v) is 5.55. The van der Waals surface area contributed by atoms with Gasteiger partial charge in [-0.15, -0.1) is 0 Å². The molecule has 0 radical (unpaired) electrons. The summed E-state index contributed by atoms with van der Waals surface area (Å²) >= 11 is 6.02. The molecule has 0 aromatic heterocycles. The topological polar surface area (TPSA) is 55.8 Å². The van der Waals surface area contributed by atoms with Gasteiger partial charge in [-0.2, -0.15) is 0 Å². The van der Waals surface area contributed by atoms with Gasteiger partial charge in [-0.1, -0.05) is 11.6 Å². The zero-order chi connectivity index (χ0) is 12.8. The van der Waals surface area contributed by atoms with Gasteiger partial charge >= 0.3 is 5.97 Å². The van der Waals surface area contributed by atoms with Crippen LogP contribution in [0.2, 0.25) is 5.02 Å². The lowest BCUT2D eigenvalue weighted by Crippen LogP contribution is -2.09. The van der Waals surface area contributed by atoms with Gasteiger partial charge in [0.15, 0.2) is 0 Å². The van der Waals surface area contributed by atoms with Gasteiger partial charge < -0.3 is 14.6 Å². The third kappa shape index (κ3) is 4.24. The van der Waals surface area contributed by atoms with E-state index in [0.29, 0.717) is 18.1 Å². The number of aryl methyl sites for hydroxylation is 1. The Balaban J connectivity index is 2.63. The summed E-state index contributed by atoms with van der Waals surface area (Å²) in [4.78, 5) is 10.3. The largest absolute Gasteiger partial charge is 0.496 e. The van der Waals surface area contributed by atoms with Crippen molar-refractivity contribution >= 4 is 17.6 Å². The van der Waals surface area contributed by atoms with E-state index < -0.39 is 5.97 Å². The van der Waals surface area contributed by atoms with E-state index in [2.05, 4.69) is 0 Å². The Morgan fingerprint density at radius 3 is 2.76 bits per heavy atom. The molecule has 4 nitrogen and oxygen atoms in total. The number of halogens is 1. The molecule has 0 spiro atoms. The summed E-state index contributed by atoms with van der Waals surface area (Å²) in [6, 6.07) is 3.68. The highest BCUT2D eigenvalue weighted by Gasteiger charge is 2.07. The van der Waals surface area contributed by atoms with Crippen LogP contribution >= 0.6 is 11.6 Å². The maximum Gasteiger partial charge on any atom is 0.329 e. The zero-order valence-corrected chi connectivity index (χ0v) is 10.6. The van der Waals surface area contributed by atoms with E-state index in [0.717, 1.165) is 16.9 Å². The molecular formula is C12H15ClO4. The molecule has 0 fully saturated rings. The SMILES string of the molecule is COc1cc(C)c(Cl)cc1CCOCC(=O)O. The van der Waals surface area contributed by atoms with Crippen molar-refractivity contribution in [2.45, 2.75) is 13.3 Å². The van der Waals surface area contributed by atoms with Crippen LogP contribution in [-0.4, -0.2) is 31.4 Å². The molecule has 0 amide bonds. The van der Waals surface area contributed by atoms with Gasteiger partial charge in [0.2, 0.25) is 0 Å². The van der Waals surface area contributed by atoms with E-state index in [1.54, 1.807) is 7.11 Å². The second-order valence-corrected chi connectivity index (χ2v) is 4.02. The van der Waals surface area contributed by atoms with Crippen molar-refractivity contribution in [3.05, 3.63) is 28.3 Å². The maximum absolute atomic E-state index is 10.3. The third-order valence-corrected chi connectivity index (χ3v) is 2.71. The fourth-order valence-corrected chi connectivity index (χ4v) is 1.61. The first-order chi connectivity index (χ1) is 8.04. The summed E-state index contributed by atoms with van der Waals surface area (Å²) in [6.45, 7) is 1.93. The van der Waals surface area contributed by atoms with Crippen molar-refractivity contribution < 1.29 is 19.4 Å². The lowest BCUT2D eigenvalue weighted by atomic mass is 10.1. The van der Waals surface area contributed by atoms with Crippen molar-refractivity contribution in [2.75, 3.05) is 20.3 Å². The second-order valence-electron chi connectivity index (χ2n) is 3.61. The Kier molecular flexibility index (Phi) is 5.25. The van der Waals surface area contributed by atoms with E-state index in [-0.39, 0.29) is 6.61 Å². The fourth-order valence-electron chi connectivity index (χ4n) is 1.42. The van der Waals surface area contributed by atoms with Crippen LogP contribution in [0.25, 0.3) is 0 Å². The molecule has 1 N–H and O–H groups in total. The average Bonchev–Trinajstić information content (AvgIpc) is 2.28.